The van der Waals surface area contributed by atoms with E-state index in [0.717, 1.165) is 24.5 Å². The molecule has 0 spiro atoms. The minimum Gasteiger partial charge on any atom is -0.497 e. The molecular weight excluding hydrogens is 328 g/mol. The van der Waals surface area contributed by atoms with Gasteiger partial charge in [0.1, 0.15) is 11.5 Å². The highest BCUT2D eigenvalue weighted by Crippen LogP contribution is 2.30. The molecule has 3 rings (SSSR count). The Hall–Kier alpha value is -2.69. The van der Waals surface area contributed by atoms with E-state index in [1.165, 1.54) is 0 Å². The van der Waals surface area contributed by atoms with Crippen LogP contribution in [0.25, 0.3) is 0 Å². The number of methoxy groups -OCH3 is 1. The van der Waals surface area contributed by atoms with E-state index in [0.29, 0.717) is 24.4 Å². The largest absolute Gasteiger partial charge is 0.497 e. The van der Waals surface area contributed by atoms with Crippen molar-refractivity contribution < 1.29 is 14.3 Å². The van der Waals surface area contributed by atoms with Crippen molar-refractivity contribution >= 4 is 11.6 Å². The van der Waals surface area contributed by atoms with Crippen LogP contribution in [-0.2, 0) is 0 Å². The Morgan fingerprint density at radius 3 is 2.42 bits per heavy atom. The van der Waals surface area contributed by atoms with Crippen molar-refractivity contribution in [2.45, 2.75) is 20.0 Å². The maximum atomic E-state index is 12.8. The second-order valence-electron chi connectivity index (χ2n) is 6.65. The number of rotatable bonds is 5. The van der Waals surface area contributed by atoms with Crippen molar-refractivity contribution in [2.75, 3.05) is 38.2 Å². The van der Waals surface area contributed by atoms with Crippen LogP contribution >= 0.6 is 0 Å². The maximum Gasteiger partial charge on any atom is 0.254 e. The van der Waals surface area contributed by atoms with E-state index >= 15 is 0 Å². The molecular formula is C21H26N2O3. The lowest BCUT2D eigenvalue weighted by Gasteiger charge is -2.37. The van der Waals surface area contributed by atoms with Gasteiger partial charge in [-0.25, -0.2) is 0 Å². The first-order valence-corrected chi connectivity index (χ1v) is 9.02. The third-order valence-corrected chi connectivity index (χ3v) is 4.45. The number of hydrogen-bond acceptors (Lipinski definition) is 4. The molecule has 26 heavy (non-hydrogen) atoms. The van der Waals surface area contributed by atoms with E-state index in [1.54, 1.807) is 13.2 Å². The molecule has 5 nitrogen and oxygen atoms in total. The molecule has 0 saturated carbocycles. The van der Waals surface area contributed by atoms with E-state index in [9.17, 15) is 4.79 Å². The van der Waals surface area contributed by atoms with Gasteiger partial charge in [0.05, 0.1) is 18.9 Å². The summed E-state index contributed by atoms with van der Waals surface area (Å²) in [5.74, 6) is 1.65. The summed E-state index contributed by atoms with van der Waals surface area (Å²) < 4.78 is 11.2. The van der Waals surface area contributed by atoms with Gasteiger partial charge in [-0.05, 0) is 44.2 Å². The maximum absolute atomic E-state index is 12.8. The molecule has 0 unspecified atom stereocenters. The molecule has 1 aliphatic rings. The van der Waals surface area contributed by atoms with Crippen LogP contribution in [0, 0.1) is 0 Å². The first kappa shape index (κ1) is 18.1. The molecule has 0 radical (unpaired) electrons. The van der Waals surface area contributed by atoms with E-state index in [-0.39, 0.29) is 12.0 Å². The third-order valence-electron chi connectivity index (χ3n) is 4.45. The summed E-state index contributed by atoms with van der Waals surface area (Å²) in [6.07, 6.45) is 0.132. The molecule has 2 aromatic carbocycles. The van der Waals surface area contributed by atoms with Gasteiger partial charge in [0.15, 0.2) is 0 Å². The molecule has 2 aromatic rings. The number of benzene rings is 2. The van der Waals surface area contributed by atoms with Crippen LogP contribution in [0.15, 0.2) is 48.5 Å². The van der Waals surface area contributed by atoms with Crippen molar-refractivity contribution in [1.29, 1.82) is 0 Å². The van der Waals surface area contributed by atoms with Crippen LogP contribution in [0.4, 0.5) is 5.69 Å². The number of carbonyl (C=O) groups is 1. The Bertz CT molecular complexity index is 752. The van der Waals surface area contributed by atoms with Gasteiger partial charge in [0.25, 0.3) is 5.91 Å². The fourth-order valence-electron chi connectivity index (χ4n) is 3.16. The monoisotopic (exact) mass is 354 g/mol. The topological polar surface area (TPSA) is 42.0 Å². The van der Waals surface area contributed by atoms with Gasteiger partial charge >= 0.3 is 0 Å². The molecule has 1 saturated heterocycles. The Kier molecular flexibility index (Phi) is 5.66. The number of para-hydroxylation sites is 2. The fourth-order valence-corrected chi connectivity index (χ4v) is 3.16. The van der Waals surface area contributed by atoms with Gasteiger partial charge in [-0.15, -0.1) is 0 Å². The lowest BCUT2D eigenvalue weighted by atomic mass is 10.1. The van der Waals surface area contributed by atoms with E-state index < -0.39 is 0 Å². The molecule has 1 fully saturated rings. The summed E-state index contributed by atoms with van der Waals surface area (Å²) in [7, 11) is 1.61. The number of amides is 1. The van der Waals surface area contributed by atoms with Crippen LogP contribution in [0.5, 0.6) is 11.5 Å². The standard InChI is InChI=1S/C21H26N2O3/c1-16(2)26-20-10-5-4-9-19(20)22-11-13-23(14-12-22)21(24)17-7-6-8-18(15-17)25-3/h4-10,15-16H,11-14H2,1-3H3. The van der Waals surface area contributed by atoms with E-state index in [1.807, 2.05) is 55.1 Å². The van der Waals surface area contributed by atoms with Crippen LogP contribution in [0.3, 0.4) is 0 Å². The molecule has 0 bridgehead atoms. The average Bonchev–Trinajstić information content (AvgIpc) is 2.67. The van der Waals surface area contributed by atoms with Gasteiger partial charge in [-0.1, -0.05) is 18.2 Å². The molecule has 0 aliphatic carbocycles. The predicted molar refractivity (Wildman–Crippen MR) is 103 cm³/mol. The number of nitrogens with zero attached hydrogens (tertiary/aromatic N) is 2. The minimum absolute atomic E-state index is 0.0512. The van der Waals surface area contributed by atoms with Crippen molar-refractivity contribution in [3.8, 4) is 11.5 Å². The molecule has 138 valence electrons. The van der Waals surface area contributed by atoms with Crippen LogP contribution in [0.1, 0.15) is 24.2 Å². The van der Waals surface area contributed by atoms with Gasteiger partial charge in [-0.3, -0.25) is 4.79 Å². The van der Waals surface area contributed by atoms with E-state index in [4.69, 9.17) is 9.47 Å². The van der Waals surface area contributed by atoms with Gasteiger partial charge in [0.2, 0.25) is 0 Å². The molecule has 1 aliphatic heterocycles. The lowest BCUT2D eigenvalue weighted by molar-refractivity contribution is 0.0746. The summed E-state index contributed by atoms with van der Waals surface area (Å²) in [4.78, 5) is 16.9. The molecule has 0 aromatic heterocycles. The second kappa shape index (κ2) is 8.13. The SMILES string of the molecule is COc1cccc(C(=O)N2CCN(c3ccccc3OC(C)C)CC2)c1. The predicted octanol–water partition coefficient (Wildman–Crippen LogP) is 3.44. The Morgan fingerprint density at radius 2 is 1.73 bits per heavy atom. The number of carbonyl (C=O) groups excluding carboxylic acids is 1. The fraction of sp³-hybridized carbons (Fsp3) is 0.381. The quantitative estimate of drug-likeness (QED) is 0.825. The summed E-state index contributed by atoms with van der Waals surface area (Å²) in [6, 6.07) is 15.4. The van der Waals surface area contributed by atoms with Crippen molar-refractivity contribution in [1.82, 2.24) is 4.90 Å². The lowest BCUT2D eigenvalue weighted by Crippen LogP contribution is -2.48. The molecule has 0 N–H and O–H groups in total. The molecule has 1 amide bonds. The van der Waals surface area contributed by atoms with E-state index in [2.05, 4.69) is 11.0 Å². The zero-order chi connectivity index (χ0) is 18.5. The second-order valence-corrected chi connectivity index (χ2v) is 6.65. The van der Waals surface area contributed by atoms with Crippen LogP contribution < -0.4 is 14.4 Å². The highest BCUT2D eigenvalue weighted by Gasteiger charge is 2.24. The Morgan fingerprint density at radius 1 is 1.00 bits per heavy atom. The molecule has 5 heteroatoms. The zero-order valence-corrected chi connectivity index (χ0v) is 15.6. The van der Waals surface area contributed by atoms with Crippen LogP contribution in [0.2, 0.25) is 0 Å². The molecule has 1 heterocycles. The first-order chi connectivity index (χ1) is 12.6. The van der Waals surface area contributed by atoms with Crippen molar-refractivity contribution in [2.24, 2.45) is 0 Å². The van der Waals surface area contributed by atoms with Gasteiger partial charge in [-0.2, -0.15) is 0 Å². The van der Waals surface area contributed by atoms with Crippen molar-refractivity contribution in [3.63, 3.8) is 0 Å². The number of piperazine rings is 1. The Labute approximate surface area is 155 Å². The first-order valence-electron chi connectivity index (χ1n) is 9.02. The molecule has 0 atom stereocenters. The number of hydrogen-bond donors (Lipinski definition) is 0. The third kappa shape index (κ3) is 4.10. The summed E-state index contributed by atoms with van der Waals surface area (Å²) in [5, 5.41) is 0. The highest BCUT2D eigenvalue weighted by atomic mass is 16.5. The number of ether oxygens (including phenoxy) is 2. The zero-order valence-electron chi connectivity index (χ0n) is 15.6. The van der Waals surface area contributed by atoms with Gasteiger partial charge in [0, 0.05) is 31.7 Å². The van der Waals surface area contributed by atoms with Crippen LogP contribution in [-0.4, -0.2) is 50.2 Å². The summed E-state index contributed by atoms with van der Waals surface area (Å²) in [5.41, 5.74) is 1.76. The van der Waals surface area contributed by atoms with Gasteiger partial charge < -0.3 is 19.3 Å². The Balaban J connectivity index is 1.67. The summed E-state index contributed by atoms with van der Waals surface area (Å²) >= 11 is 0. The minimum atomic E-state index is 0.0512. The smallest absolute Gasteiger partial charge is 0.254 e. The number of anilines is 1. The highest BCUT2D eigenvalue weighted by molar-refractivity contribution is 5.94. The van der Waals surface area contributed by atoms with Crippen molar-refractivity contribution in [3.05, 3.63) is 54.1 Å². The average molecular weight is 354 g/mol. The normalized spacial score (nSPS) is 14.5. The summed E-state index contributed by atoms with van der Waals surface area (Å²) in [6.45, 7) is 7.00.